The number of hydrogen-bond acceptors (Lipinski definition) is 9. The van der Waals surface area contributed by atoms with Crippen LogP contribution in [0.4, 0.5) is 4.53 Å². The van der Waals surface area contributed by atoms with E-state index in [-0.39, 0.29) is 54.0 Å². The van der Waals surface area contributed by atoms with E-state index < -0.39 is 12.1 Å². The summed E-state index contributed by atoms with van der Waals surface area (Å²) in [5.74, 6) is -0.945. The summed E-state index contributed by atoms with van der Waals surface area (Å²) in [7, 11) is 6.29. The Bertz CT molecular complexity index is 1010. The summed E-state index contributed by atoms with van der Waals surface area (Å²) >= 11 is 0. The van der Waals surface area contributed by atoms with Gasteiger partial charge in [-0.2, -0.15) is 4.94 Å². The number of rotatable bonds is 7. The zero-order valence-corrected chi connectivity index (χ0v) is 26.0. The van der Waals surface area contributed by atoms with Crippen molar-refractivity contribution in [3.63, 3.8) is 0 Å². The number of halogens is 1. The number of cyclic esters (lactones) is 1. The molecule has 2 heterocycles. The number of aliphatic hydroxyl groups excluding tert-OH is 1. The van der Waals surface area contributed by atoms with Gasteiger partial charge in [0.2, 0.25) is 0 Å². The topological polar surface area (TPSA) is 154 Å². The van der Waals surface area contributed by atoms with Gasteiger partial charge in [0.1, 0.15) is 12.3 Å². The van der Waals surface area contributed by atoms with E-state index in [4.69, 9.17) is 19.3 Å². The van der Waals surface area contributed by atoms with Crippen molar-refractivity contribution in [1.29, 1.82) is 0 Å². The summed E-state index contributed by atoms with van der Waals surface area (Å²) in [6.45, 7) is 4.44. The van der Waals surface area contributed by atoms with Crippen LogP contribution in [0.15, 0.2) is 42.1 Å². The van der Waals surface area contributed by atoms with Crippen molar-refractivity contribution in [2.75, 3.05) is 41.7 Å². The van der Waals surface area contributed by atoms with Crippen LogP contribution in [0, 0.1) is 23.7 Å². The number of aromatic nitrogens is 1. The number of carbonyl (C=O) groups excluding carboxylic acids is 2. The van der Waals surface area contributed by atoms with Crippen molar-refractivity contribution >= 4 is 17.7 Å². The van der Waals surface area contributed by atoms with Gasteiger partial charge in [-0.05, 0) is 61.1 Å². The van der Waals surface area contributed by atoms with Crippen molar-refractivity contribution in [3.05, 3.63) is 47.8 Å². The molecule has 11 nitrogen and oxygen atoms in total. The van der Waals surface area contributed by atoms with Gasteiger partial charge in [0.25, 0.3) is 0 Å². The summed E-state index contributed by atoms with van der Waals surface area (Å²) in [4.78, 5) is 40.4. The van der Waals surface area contributed by atoms with Crippen molar-refractivity contribution in [1.82, 2.24) is 4.98 Å². The molecule has 3 N–H and O–H groups in total. The molecular weight excluding hydrogens is 565 g/mol. The number of carboxylic acids is 1. The highest BCUT2D eigenvalue weighted by Gasteiger charge is 2.34. The molecule has 4 rings (SSSR count). The van der Waals surface area contributed by atoms with Gasteiger partial charge in [0, 0.05) is 46.5 Å². The third-order valence-electron chi connectivity index (χ3n) is 7.37. The van der Waals surface area contributed by atoms with E-state index >= 15 is 0 Å². The lowest BCUT2D eigenvalue weighted by Gasteiger charge is -2.30. The zero-order valence-electron chi connectivity index (χ0n) is 26.0. The first-order valence-corrected chi connectivity index (χ1v) is 14.3. The van der Waals surface area contributed by atoms with Crippen molar-refractivity contribution in [3.8, 4) is 0 Å². The van der Waals surface area contributed by atoms with Crippen LogP contribution in [-0.4, -0.2) is 92.9 Å². The maximum atomic E-state index is 12.0. The van der Waals surface area contributed by atoms with E-state index in [1.807, 2.05) is 6.92 Å². The maximum absolute atomic E-state index is 12.0. The number of nitrogens with one attached hydrogen (secondary N) is 1. The predicted molar refractivity (Wildman–Crippen MR) is 157 cm³/mol. The molecule has 0 radical (unpaired) electrons. The largest absolute Gasteiger partial charge is 0.477 e. The number of aromatic carboxylic acids is 1. The Balaban J connectivity index is 0.000000339. The molecular formula is C31H48FNO10. The van der Waals surface area contributed by atoms with Crippen LogP contribution in [0.5, 0.6) is 0 Å². The van der Waals surface area contributed by atoms with Gasteiger partial charge in [0.05, 0.1) is 25.2 Å². The molecule has 1 aromatic rings. The fraction of sp³-hybridized carbons (Fsp3) is 0.645. The highest BCUT2D eigenvalue weighted by atomic mass is 19.3. The second-order valence-electron chi connectivity index (χ2n) is 10.8. The molecule has 0 saturated heterocycles. The number of ether oxygens (including phenoxy) is 4. The van der Waals surface area contributed by atoms with Crippen molar-refractivity contribution in [2.45, 2.75) is 64.3 Å². The van der Waals surface area contributed by atoms with E-state index in [1.165, 1.54) is 18.7 Å². The minimum atomic E-state index is -0.921. The average molecular weight is 614 g/mol. The Hall–Kier alpha value is -2.90. The number of Topliss-reactive ketones (excluding diaryl/α,β-unsaturated/α-hetero) is 1. The highest BCUT2D eigenvalue weighted by molar-refractivity contribution is 5.87. The molecule has 0 amide bonds. The molecule has 244 valence electrons. The fourth-order valence-corrected chi connectivity index (χ4v) is 5.28. The highest BCUT2D eigenvalue weighted by Crippen LogP contribution is 2.36. The van der Waals surface area contributed by atoms with E-state index in [2.05, 4.69) is 39.8 Å². The molecule has 1 aromatic heterocycles. The maximum Gasteiger partial charge on any atom is 0.352 e. The molecule has 0 spiro atoms. The van der Waals surface area contributed by atoms with Crippen LogP contribution in [-0.2, 0) is 33.5 Å². The number of ketones is 1. The number of esters is 1. The third kappa shape index (κ3) is 13.5. The molecule has 0 aromatic carbocycles. The lowest BCUT2D eigenvalue weighted by Crippen LogP contribution is -2.35. The van der Waals surface area contributed by atoms with E-state index in [0.717, 1.165) is 6.42 Å². The Kier molecular flexibility index (Phi) is 18.5. The summed E-state index contributed by atoms with van der Waals surface area (Å²) < 4.78 is 31.2. The predicted octanol–water partition coefficient (Wildman–Crippen LogP) is 4.33. The summed E-state index contributed by atoms with van der Waals surface area (Å²) in [6, 6.07) is 3.14. The third-order valence-corrected chi connectivity index (χ3v) is 7.37. The molecule has 12 heteroatoms. The number of H-pyrrole nitrogens is 1. The molecule has 0 bridgehead atoms. The number of carboxylic acid groups (broad SMARTS) is 1. The normalized spacial score (nSPS) is 29.2. The van der Waals surface area contributed by atoms with Crippen molar-refractivity contribution < 1.29 is 53.0 Å². The Morgan fingerprint density at radius 1 is 1.16 bits per heavy atom. The second-order valence-corrected chi connectivity index (χ2v) is 10.8. The van der Waals surface area contributed by atoms with Gasteiger partial charge in [-0.3, -0.25) is 9.59 Å². The Labute approximate surface area is 253 Å². The molecule has 7 atom stereocenters. The van der Waals surface area contributed by atoms with Gasteiger partial charge in [0.15, 0.2) is 11.9 Å². The lowest BCUT2D eigenvalue weighted by atomic mass is 9.85. The smallest absolute Gasteiger partial charge is 0.352 e. The minimum absolute atomic E-state index is 0.0181. The molecule has 1 aliphatic heterocycles. The van der Waals surface area contributed by atoms with E-state index in [1.54, 1.807) is 33.6 Å². The molecule has 2 aliphatic carbocycles. The average Bonchev–Trinajstić information content (AvgIpc) is 3.67. The SMILES string of the molecule is COC.COCC(=O)[C@H]1OC(=O)C[C@H]2C=CC[C@H]2/C(C)=C/[C@H]1C.COC[C@H]1C[C@H](OF)CC[C@@H]1O.O=C(O)c1ccc[nH]1. The monoisotopic (exact) mass is 613 g/mol. The van der Waals surface area contributed by atoms with Gasteiger partial charge < -0.3 is 34.1 Å². The Morgan fingerprint density at radius 3 is 2.40 bits per heavy atom. The summed E-state index contributed by atoms with van der Waals surface area (Å²) in [5.41, 5.74) is 1.46. The number of fused-ring (bicyclic) bond motifs is 1. The van der Waals surface area contributed by atoms with Crippen LogP contribution in [0.25, 0.3) is 0 Å². The van der Waals surface area contributed by atoms with Crippen LogP contribution < -0.4 is 0 Å². The Morgan fingerprint density at radius 2 is 1.86 bits per heavy atom. The zero-order chi connectivity index (χ0) is 32.4. The number of carbonyl (C=O) groups is 3. The number of allylic oxidation sites excluding steroid dienone is 3. The first kappa shape index (κ1) is 38.1. The van der Waals surface area contributed by atoms with Gasteiger partial charge in [-0.25, -0.2) is 4.79 Å². The van der Waals surface area contributed by atoms with E-state index in [0.29, 0.717) is 38.2 Å². The van der Waals surface area contributed by atoms with Crippen LogP contribution in [0.3, 0.4) is 0 Å². The standard InChI is InChI=1S/C16H22O4.C8H15FO3.C5H5NO2.C2H6O/c1-10-7-11(2)16(14(17)9-19-3)20-15(18)8-12-5-4-6-13(10)12;1-11-5-6-4-7(12-9)2-3-8(6)10;7-5(8)4-2-1-3-6-4;1-3-2/h4-5,7,11-13,16H,6,8-9H2,1-3H3;6-8,10H,2-5H2,1H3;1-3,6H,(H,7,8);1-2H3/b10-7+;;;/t11-,12-,13+,16+;6-,7-,8+;;/m11../s1. The minimum Gasteiger partial charge on any atom is -0.477 e. The molecule has 43 heavy (non-hydrogen) atoms. The van der Waals surface area contributed by atoms with Crippen molar-refractivity contribution in [2.24, 2.45) is 23.7 Å². The summed E-state index contributed by atoms with van der Waals surface area (Å²) in [6.07, 6.45) is 9.45. The van der Waals surface area contributed by atoms with Gasteiger partial charge in [-0.1, -0.05) is 30.7 Å². The summed E-state index contributed by atoms with van der Waals surface area (Å²) in [5, 5.41) is 17.7. The molecule has 1 saturated carbocycles. The number of aromatic amines is 1. The molecule has 0 unspecified atom stereocenters. The lowest BCUT2D eigenvalue weighted by molar-refractivity contribution is -0.201. The number of methoxy groups -OCH3 is 3. The quantitative estimate of drug-likeness (QED) is 0.299. The molecule has 1 fully saturated rings. The molecule has 3 aliphatic rings. The second kappa shape index (κ2) is 20.9. The fourth-order valence-electron chi connectivity index (χ4n) is 5.28. The van der Waals surface area contributed by atoms with E-state index in [9.17, 15) is 24.0 Å². The van der Waals surface area contributed by atoms with Crippen LogP contribution in [0.2, 0.25) is 0 Å². The first-order valence-electron chi connectivity index (χ1n) is 14.3. The van der Waals surface area contributed by atoms with Gasteiger partial charge in [-0.15, -0.1) is 0 Å². The number of hydrogen-bond donors (Lipinski definition) is 3. The number of aliphatic hydroxyl groups is 1. The van der Waals surface area contributed by atoms with Crippen LogP contribution >= 0.6 is 0 Å². The van der Waals surface area contributed by atoms with Crippen LogP contribution in [0.1, 0.15) is 56.4 Å². The first-order chi connectivity index (χ1) is 20.5. The van der Waals surface area contributed by atoms with Gasteiger partial charge >= 0.3 is 11.9 Å².